The second-order valence-corrected chi connectivity index (χ2v) is 10.3. The SMILES string of the molecule is CNC1C(OC(NC(=O)[C@@H](N)CO)OC(C)CO)O[C@H]2CC(N)[C@@H](O[C@@H]3C(N)C[C@@H](N)C(O)C3O)OC2C1O. The summed E-state index contributed by atoms with van der Waals surface area (Å²) in [6.07, 6.45) is -10.7. The number of carbonyl (C=O) groups excluding carboxylic acids is 1. The molecule has 1 amide bonds. The Hall–Kier alpha value is -1.13. The van der Waals surface area contributed by atoms with E-state index in [9.17, 15) is 25.2 Å². The number of carbonyl (C=O) groups is 1. The molecule has 0 radical (unpaired) electrons. The molecule has 10 unspecified atom stereocenters. The molecule has 3 fully saturated rings. The second-order valence-electron chi connectivity index (χ2n) is 10.3. The van der Waals surface area contributed by atoms with E-state index in [0.29, 0.717) is 0 Å². The zero-order valence-electron chi connectivity index (χ0n) is 22.0. The molecule has 0 aromatic carbocycles. The first-order valence-electron chi connectivity index (χ1n) is 12.9. The van der Waals surface area contributed by atoms with Crippen molar-refractivity contribution in [1.29, 1.82) is 0 Å². The minimum absolute atomic E-state index is 0.142. The van der Waals surface area contributed by atoms with Gasteiger partial charge in [-0.3, -0.25) is 4.79 Å². The molecule has 2 heterocycles. The molecular weight excluding hydrogens is 524 g/mol. The first-order chi connectivity index (χ1) is 18.4. The highest BCUT2D eigenvalue weighted by molar-refractivity contribution is 5.81. The summed E-state index contributed by atoms with van der Waals surface area (Å²) in [6, 6.07) is -4.32. The number of nitrogens with two attached hydrogens (primary N) is 4. The van der Waals surface area contributed by atoms with E-state index < -0.39 is 104 Å². The average molecular weight is 569 g/mol. The molecule has 2 saturated heterocycles. The number of aliphatic hydroxyl groups is 5. The van der Waals surface area contributed by atoms with E-state index >= 15 is 0 Å². The summed E-state index contributed by atoms with van der Waals surface area (Å²) < 4.78 is 29.3. The van der Waals surface area contributed by atoms with Crippen LogP contribution in [-0.2, 0) is 28.5 Å². The largest absolute Gasteiger partial charge is 0.394 e. The molecule has 2 aliphatic heterocycles. The van der Waals surface area contributed by atoms with Crippen LogP contribution < -0.4 is 33.6 Å². The van der Waals surface area contributed by atoms with Crippen LogP contribution in [0.4, 0.5) is 0 Å². The number of fused-ring (bicyclic) bond motifs is 1. The van der Waals surface area contributed by atoms with Gasteiger partial charge in [-0.25, -0.2) is 0 Å². The van der Waals surface area contributed by atoms with Crippen molar-refractivity contribution < 1.29 is 54.0 Å². The van der Waals surface area contributed by atoms with Gasteiger partial charge in [-0.2, -0.15) is 0 Å². The summed E-state index contributed by atoms with van der Waals surface area (Å²) in [5.74, 6) is -0.778. The molecule has 15 N–H and O–H groups in total. The van der Waals surface area contributed by atoms with Gasteiger partial charge >= 0.3 is 0 Å². The molecule has 17 heteroatoms. The topological polar surface area (TPSA) is 293 Å². The molecule has 0 bridgehead atoms. The molecular formula is C22H44N6O11. The third-order valence-corrected chi connectivity index (χ3v) is 7.20. The lowest BCUT2D eigenvalue weighted by atomic mass is 9.84. The Labute approximate surface area is 226 Å². The molecule has 0 aromatic rings. The van der Waals surface area contributed by atoms with Gasteiger partial charge in [0, 0.05) is 12.1 Å². The number of rotatable bonds is 11. The van der Waals surface area contributed by atoms with Crippen LogP contribution in [0.5, 0.6) is 0 Å². The van der Waals surface area contributed by atoms with Gasteiger partial charge in [0.1, 0.15) is 30.5 Å². The predicted octanol–water partition coefficient (Wildman–Crippen LogP) is -6.60. The quantitative estimate of drug-likeness (QED) is 0.103. The first kappa shape index (κ1) is 32.4. The van der Waals surface area contributed by atoms with Gasteiger partial charge in [0.25, 0.3) is 0 Å². The Morgan fingerprint density at radius 1 is 0.974 bits per heavy atom. The minimum atomic E-state index is -1.46. The first-order valence-corrected chi connectivity index (χ1v) is 12.9. The number of aliphatic hydroxyl groups excluding tert-OH is 5. The Bertz CT molecular complexity index is 787. The lowest BCUT2D eigenvalue weighted by Gasteiger charge is -2.50. The van der Waals surface area contributed by atoms with Crippen molar-refractivity contribution in [3.8, 4) is 0 Å². The van der Waals surface area contributed by atoms with Crippen LogP contribution in [0, 0.1) is 0 Å². The average Bonchev–Trinajstić information content (AvgIpc) is 2.89. The highest BCUT2D eigenvalue weighted by Gasteiger charge is 2.53. The van der Waals surface area contributed by atoms with Gasteiger partial charge < -0.3 is 82.8 Å². The summed E-state index contributed by atoms with van der Waals surface area (Å²) in [6.45, 7) is 0.526. The lowest BCUT2D eigenvalue weighted by molar-refractivity contribution is -0.356. The van der Waals surface area contributed by atoms with Crippen LogP contribution in [0.1, 0.15) is 19.8 Å². The summed E-state index contributed by atoms with van der Waals surface area (Å²) in [4.78, 5) is 12.2. The maximum atomic E-state index is 12.2. The van der Waals surface area contributed by atoms with E-state index in [2.05, 4.69) is 10.6 Å². The maximum Gasteiger partial charge on any atom is 0.243 e. The highest BCUT2D eigenvalue weighted by atomic mass is 16.8. The number of ether oxygens (including phenoxy) is 5. The van der Waals surface area contributed by atoms with Crippen molar-refractivity contribution >= 4 is 5.91 Å². The fraction of sp³-hybridized carbons (Fsp3) is 0.955. The summed E-state index contributed by atoms with van der Waals surface area (Å²) in [5.41, 5.74) is 23.8. The maximum absolute atomic E-state index is 12.2. The van der Waals surface area contributed by atoms with Gasteiger partial charge in [-0.15, -0.1) is 0 Å². The fourth-order valence-corrected chi connectivity index (χ4v) is 4.88. The predicted molar refractivity (Wildman–Crippen MR) is 132 cm³/mol. The van der Waals surface area contributed by atoms with Gasteiger partial charge in [0.2, 0.25) is 12.3 Å². The van der Waals surface area contributed by atoms with Gasteiger partial charge in [0.15, 0.2) is 12.6 Å². The van der Waals surface area contributed by atoms with E-state index in [-0.39, 0.29) is 19.4 Å². The Kier molecular flexibility index (Phi) is 11.8. The van der Waals surface area contributed by atoms with Crippen molar-refractivity contribution in [2.75, 3.05) is 20.3 Å². The zero-order chi connectivity index (χ0) is 29.0. The molecule has 39 heavy (non-hydrogen) atoms. The van der Waals surface area contributed by atoms with Gasteiger partial charge in [-0.1, -0.05) is 0 Å². The van der Waals surface area contributed by atoms with Crippen LogP contribution >= 0.6 is 0 Å². The Balaban J connectivity index is 1.70. The monoisotopic (exact) mass is 568 g/mol. The molecule has 1 aliphatic carbocycles. The van der Waals surface area contributed by atoms with Crippen molar-refractivity contribution in [2.45, 2.75) is 112 Å². The molecule has 3 rings (SSSR count). The summed E-state index contributed by atoms with van der Waals surface area (Å²) in [7, 11) is 1.55. The summed E-state index contributed by atoms with van der Waals surface area (Å²) in [5, 5.41) is 55.6. The van der Waals surface area contributed by atoms with E-state index in [1.807, 2.05) is 0 Å². The van der Waals surface area contributed by atoms with Crippen molar-refractivity contribution in [3.05, 3.63) is 0 Å². The third-order valence-electron chi connectivity index (χ3n) is 7.20. The van der Waals surface area contributed by atoms with Gasteiger partial charge in [-0.05, 0) is 26.8 Å². The molecule has 0 aromatic heterocycles. The van der Waals surface area contributed by atoms with E-state index in [1.54, 1.807) is 7.05 Å². The standard InChI is InChI=1S/C22H44N6O11/c1-7(5-29)35-22(28-19(34)11(26)6-30)39-21-13(27-2)15(32)18-12(36-21)4-10(25)20(38-18)37-17-9(24)3-8(23)14(31)16(17)33/h7-18,20-22,27,29-33H,3-6,23-26H2,1-2H3,(H,28,34)/t7?,8-,9?,10?,11+,12+,13?,14?,15?,16?,17-,18?,20+,21?,22?/m1/s1. The molecule has 228 valence electrons. The normalized spacial score (nSPS) is 43.3. The van der Waals surface area contributed by atoms with E-state index in [0.717, 1.165) is 0 Å². The van der Waals surface area contributed by atoms with Crippen molar-refractivity contribution in [1.82, 2.24) is 10.6 Å². The second kappa shape index (κ2) is 14.2. The smallest absolute Gasteiger partial charge is 0.243 e. The van der Waals surface area contributed by atoms with Crippen LogP contribution in [0.15, 0.2) is 0 Å². The van der Waals surface area contributed by atoms with Crippen LogP contribution in [-0.4, -0.2) is 144 Å². The minimum Gasteiger partial charge on any atom is -0.394 e. The number of hydrogen-bond acceptors (Lipinski definition) is 16. The van der Waals surface area contributed by atoms with Crippen LogP contribution in [0.25, 0.3) is 0 Å². The highest BCUT2D eigenvalue weighted by Crippen LogP contribution is 2.34. The summed E-state index contributed by atoms with van der Waals surface area (Å²) >= 11 is 0. The van der Waals surface area contributed by atoms with Crippen molar-refractivity contribution in [3.63, 3.8) is 0 Å². The third kappa shape index (κ3) is 7.59. The molecule has 1 saturated carbocycles. The van der Waals surface area contributed by atoms with Gasteiger partial charge in [0.05, 0.1) is 43.6 Å². The zero-order valence-corrected chi connectivity index (χ0v) is 22.0. The Morgan fingerprint density at radius 2 is 1.67 bits per heavy atom. The lowest BCUT2D eigenvalue weighted by Crippen LogP contribution is -2.69. The molecule has 0 spiro atoms. The van der Waals surface area contributed by atoms with E-state index in [4.69, 9.17) is 51.7 Å². The molecule has 17 nitrogen and oxygen atoms in total. The van der Waals surface area contributed by atoms with Crippen LogP contribution in [0.2, 0.25) is 0 Å². The van der Waals surface area contributed by atoms with Crippen molar-refractivity contribution in [2.24, 2.45) is 22.9 Å². The fourth-order valence-electron chi connectivity index (χ4n) is 4.88. The number of likely N-dealkylation sites (N-methyl/N-ethyl adjacent to an activating group) is 1. The molecule has 15 atom stereocenters. The van der Waals surface area contributed by atoms with E-state index in [1.165, 1.54) is 6.92 Å². The number of hydrogen-bond donors (Lipinski definition) is 11. The number of nitrogens with one attached hydrogen (secondary N) is 2. The molecule has 3 aliphatic rings. The number of amides is 1. The van der Waals surface area contributed by atoms with Crippen LogP contribution in [0.3, 0.4) is 0 Å². The Morgan fingerprint density at radius 3 is 2.28 bits per heavy atom.